The van der Waals surface area contributed by atoms with Crippen molar-refractivity contribution < 1.29 is 14.3 Å². The van der Waals surface area contributed by atoms with Crippen LogP contribution in [-0.2, 0) is 17.7 Å². The molecular formula is C14H19BrN2O3. The van der Waals surface area contributed by atoms with Gasteiger partial charge in [-0.25, -0.2) is 4.79 Å². The zero-order valence-corrected chi connectivity index (χ0v) is 13.2. The summed E-state index contributed by atoms with van der Waals surface area (Å²) in [6.45, 7) is 3.52. The highest BCUT2D eigenvalue weighted by Gasteiger charge is 2.17. The predicted molar refractivity (Wildman–Crippen MR) is 80.1 cm³/mol. The number of carbonyl (C=O) groups excluding carboxylic acids is 1. The lowest BCUT2D eigenvalue weighted by Crippen LogP contribution is -2.39. The van der Waals surface area contributed by atoms with Gasteiger partial charge in [0.2, 0.25) is 0 Å². The molecule has 1 aromatic carbocycles. The molecule has 1 heterocycles. The second-order valence-electron chi connectivity index (χ2n) is 4.76. The molecule has 0 saturated carbocycles. The van der Waals surface area contributed by atoms with Gasteiger partial charge in [0.25, 0.3) is 0 Å². The van der Waals surface area contributed by atoms with Crippen LogP contribution in [-0.4, -0.2) is 32.4 Å². The van der Waals surface area contributed by atoms with E-state index in [0.717, 1.165) is 22.2 Å². The van der Waals surface area contributed by atoms with Crippen molar-refractivity contribution in [3.8, 4) is 5.75 Å². The van der Waals surface area contributed by atoms with Crippen molar-refractivity contribution in [3.05, 3.63) is 27.7 Å². The van der Waals surface area contributed by atoms with Gasteiger partial charge in [0.05, 0.1) is 12.7 Å². The minimum Gasteiger partial charge on any atom is -0.493 e. The summed E-state index contributed by atoms with van der Waals surface area (Å²) in [5.41, 5.74) is 2.17. The van der Waals surface area contributed by atoms with Crippen molar-refractivity contribution >= 4 is 22.0 Å². The topological polar surface area (TPSA) is 59.6 Å². The first-order chi connectivity index (χ1) is 9.60. The van der Waals surface area contributed by atoms with Gasteiger partial charge in [-0.1, -0.05) is 15.9 Å². The summed E-state index contributed by atoms with van der Waals surface area (Å²) in [6, 6.07) is 3.83. The standard InChI is InChI=1S/C14H19BrN2O3/c1-9(19-2)7-16-14(18)17-8-11-6-12(15)5-10-3-4-20-13(10)11/h5-6,9H,3-4,7-8H2,1-2H3,(H2,16,17,18). The summed E-state index contributed by atoms with van der Waals surface area (Å²) in [5.74, 6) is 0.902. The van der Waals surface area contributed by atoms with Crippen molar-refractivity contribution in [3.63, 3.8) is 0 Å². The fourth-order valence-corrected chi connectivity index (χ4v) is 2.59. The second kappa shape index (κ2) is 6.95. The molecule has 20 heavy (non-hydrogen) atoms. The van der Waals surface area contributed by atoms with E-state index in [1.54, 1.807) is 7.11 Å². The number of halogens is 1. The number of urea groups is 1. The molecule has 1 aliphatic heterocycles. The van der Waals surface area contributed by atoms with Crippen LogP contribution in [0.4, 0.5) is 4.79 Å². The second-order valence-corrected chi connectivity index (χ2v) is 5.68. The molecule has 1 aliphatic rings. The molecule has 1 aromatic rings. The number of rotatable bonds is 5. The summed E-state index contributed by atoms with van der Waals surface area (Å²) >= 11 is 3.48. The maximum Gasteiger partial charge on any atom is 0.315 e. The van der Waals surface area contributed by atoms with E-state index < -0.39 is 0 Å². The van der Waals surface area contributed by atoms with Crippen LogP contribution in [0.15, 0.2) is 16.6 Å². The highest BCUT2D eigenvalue weighted by Crippen LogP contribution is 2.32. The van der Waals surface area contributed by atoms with Gasteiger partial charge in [-0.15, -0.1) is 0 Å². The van der Waals surface area contributed by atoms with E-state index in [4.69, 9.17) is 9.47 Å². The van der Waals surface area contributed by atoms with E-state index in [9.17, 15) is 4.79 Å². The smallest absolute Gasteiger partial charge is 0.315 e. The van der Waals surface area contributed by atoms with E-state index in [1.165, 1.54) is 5.56 Å². The Morgan fingerprint density at radius 3 is 3.05 bits per heavy atom. The third-order valence-corrected chi connectivity index (χ3v) is 3.68. The Kier molecular flexibility index (Phi) is 5.25. The molecule has 0 spiro atoms. The van der Waals surface area contributed by atoms with Crippen LogP contribution in [0.25, 0.3) is 0 Å². The van der Waals surface area contributed by atoms with Crippen LogP contribution in [0.2, 0.25) is 0 Å². The summed E-state index contributed by atoms with van der Waals surface area (Å²) in [4.78, 5) is 11.7. The van der Waals surface area contributed by atoms with E-state index in [2.05, 4.69) is 32.6 Å². The van der Waals surface area contributed by atoms with E-state index in [0.29, 0.717) is 19.7 Å². The third-order valence-electron chi connectivity index (χ3n) is 3.22. The Morgan fingerprint density at radius 2 is 2.30 bits per heavy atom. The first-order valence-electron chi connectivity index (χ1n) is 6.58. The molecule has 2 rings (SSSR count). The fraction of sp³-hybridized carbons (Fsp3) is 0.500. The molecule has 1 atom stereocenters. The van der Waals surface area contributed by atoms with Crippen LogP contribution in [0.3, 0.4) is 0 Å². The maximum absolute atomic E-state index is 11.7. The molecule has 0 aromatic heterocycles. The van der Waals surface area contributed by atoms with Gasteiger partial charge < -0.3 is 20.1 Å². The summed E-state index contributed by atoms with van der Waals surface area (Å²) in [5, 5.41) is 5.59. The number of hydrogen-bond donors (Lipinski definition) is 2. The number of fused-ring (bicyclic) bond motifs is 1. The molecule has 0 radical (unpaired) electrons. The zero-order valence-electron chi connectivity index (χ0n) is 11.7. The van der Waals surface area contributed by atoms with Crippen molar-refractivity contribution in [2.75, 3.05) is 20.3 Å². The predicted octanol–water partition coefficient (Wildman–Crippen LogP) is 2.22. The van der Waals surface area contributed by atoms with Crippen molar-refractivity contribution in [2.24, 2.45) is 0 Å². The molecule has 6 heteroatoms. The lowest BCUT2D eigenvalue weighted by molar-refractivity contribution is 0.118. The quantitative estimate of drug-likeness (QED) is 0.862. The monoisotopic (exact) mass is 342 g/mol. The van der Waals surface area contributed by atoms with E-state index >= 15 is 0 Å². The molecule has 2 N–H and O–H groups in total. The minimum absolute atomic E-state index is 0.000740. The summed E-state index contributed by atoms with van der Waals surface area (Å²) in [7, 11) is 1.62. The van der Waals surface area contributed by atoms with E-state index in [-0.39, 0.29) is 12.1 Å². The highest BCUT2D eigenvalue weighted by molar-refractivity contribution is 9.10. The number of nitrogens with one attached hydrogen (secondary N) is 2. The molecule has 5 nitrogen and oxygen atoms in total. The van der Waals surface area contributed by atoms with Crippen LogP contribution in [0, 0.1) is 0 Å². The first kappa shape index (κ1) is 15.1. The number of methoxy groups -OCH3 is 1. The molecular weight excluding hydrogens is 324 g/mol. The third kappa shape index (κ3) is 3.86. The maximum atomic E-state index is 11.7. The Morgan fingerprint density at radius 1 is 1.50 bits per heavy atom. The lowest BCUT2D eigenvalue weighted by atomic mass is 10.1. The number of hydrogen-bond acceptors (Lipinski definition) is 3. The number of carbonyl (C=O) groups is 1. The van der Waals surface area contributed by atoms with Gasteiger partial charge in [0, 0.05) is 36.7 Å². The Balaban J connectivity index is 1.90. The minimum atomic E-state index is -0.208. The average molecular weight is 343 g/mol. The van der Waals surface area contributed by atoms with Gasteiger partial charge in [-0.2, -0.15) is 0 Å². The van der Waals surface area contributed by atoms with Crippen LogP contribution >= 0.6 is 15.9 Å². The fourth-order valence-electron chi connectivity index (χ4n) is 2.04. The van der Waals surface area contributed by atoms with Crippen LogP contribution in [0.5, 0.6) is 5.75 Å². The van der Waals surface area contributed by atoms with E-state index in [1.807, 2.05) is 13.0 Å². The number of benzene rings is 1. The normalized spacial score (nSPS) is 14.3. The van der Waals surface area contributed by atoms with Gasteiger partial charge in [-0.05, 0) is 24.6 Å². The molecule has 0 bridgehead atoms. The lowest BCUT2D eigenvalue weighted by Gasteiger charge is -2.13. The molecule has 1 unspecified atom stereocenters. The van der Waals surface area contributed by atoms with Gasteiger partial charge >= 0.3 is 6.03 Å². The molecule has 110 valence electrons. The number of ether oxygens (including phenoxy) is 2. The number of amides is 2. The SMILES string of the molecule is COC(C)CNC(=O)NCc1cc(Br)cc2c1OCC2. The van der Waals surface area contributed by atoms with Gasteiger partial charge in [-0.3, -0.25) is 0 Å². The Labute approximate surface area is 127 Å². The largest absolute Gasteiger partial charge is 0.493 e. The summed E-state index contributed by atoms with van der Waals surface area (Å²) < 4.78 is 11.7. The first-order valence-corrected chi connectivity index (χ1v) is 7.38. The Hall–Kier alpha value is -1.27. The molecule has 0 saturated heterocycles. The van der Waals surface area contributed by atoms with Crippen LogP contribution in [0.1, 0.15) is 18.1 Å². The van der Waals surface area contributed by atoms with Crippen molar-refractivity contribution in [2.45, 2.75) is 26.0 Å². The van der Waals surface area contributed by atoms with Gasteiger partial charge in [0.15, 0.2) is 0 Å². The Bertz CT molecular complexity index is 494. The van der Waals surface area contributed by atoms with Gasteiger partial charge in [0.1, 0.15) is 5.75 Å². The van der Waals surface area contributed by atoms with Crippen LogP contribution < -0.4 is 15.4 Å². The molecule has 2 amide bonds. The molecule has 0 aliphatic carbocycles. The zero-order chi connectivity index (χ0) is 14.5. The van der Waals surface area contributed by atoms with Crippen molar-refractivity contribution in [1.29, 1.82) is 0 Å². The summed E-state index contributed by atoms with van der Waals surface area (Å²) in [6.07, 6.45) is 0.915. The molecule has 0 fully saturated rings. The average Bonchev–Trinajstić information content (AvgIpc) is 2.90. The highest BCUT2D eigenvalue weighted by atomic mass is 79.9. The van der Waals surface area contributed by atoms with Crippen molar-refractivity contribution in [1.82, 2.24) is 10.6 Å².